The quantitative estimate of drug-likeness (QED) is 0.799. The topological polar surface area (TPSA) is 50.9 Å². The van der Waals surface area contributed by atoms with Crippen molar-refractivity contribution in [2.45, 2.75) is 6.61 Å². The molecule has 0 bridgehead atoms. The summed E-state index contributed by atoms with van der Waals surface area (Å²) in [6, 6.07) is 10.1. The van der Waals surface area contributed by atoms with Crippen LogP contribution in [-0.4, -0.2) is 20.1 Å². The number of aliphatic hydroxyl groups excluding tert-OH is 1. The van der Waals surface area contributed by atoms with Gasteiger partial charge in [0, 0.05) is 0 Å². The number of aliphatic hydroxyl groups is 1. The molecule has 0 fully saturated rings. The summed E-state index contributed by atoms with van der Waals surface area (Å²) in [7, 11) is 0. The molecule has 19 heavy (non-hydrogen) atoms. The monoisotopic (exact) mass is 275 g/mol. The molecule has 3 rings (SSSR count). The van der Waals surface area contributed by atoms with Crippen LogP contribution in [0.3, 0.4) is 0 Å². The summed E-state index contributed by atoms with van der Waals surface area (Å²) >= 11 is 1.49. The summed E-state index contributed by atoms with van der Waals surface area (Å²) in [5.74, 6) is -0.380. The lowest BCUT2D eigenvalue weighted by Crippen LogP contribution is -2.02. The average molecular weight is 275 g/mol. The third kappa shape index (κ3) is 2.05. The molecule has 0 amide bonds. The van der Waals surface area contributed by atoms with E-state index in [-0.39, 0.29) is 12.4 Å². The van der Waals surface area contributed by atoms with Crippen molar-refractivity contribution in [1.29, 1.82) is 0 Å². The molecule has 4 nitrogen and oxygen atoms in total. The van der Waals surface area contributed by atoms with Gasteiger partial charge in [0.2, 0.25) is 0 Å². The molecule has 0 radical (unpaired) electrons. The molecule has 3 aromatic rings. The second kappa shape index (κ2) is 4.91. The van der Waals surface area contributed by atoms with Crippen molar-refractivity contribution in [1.82, 2.24) is 15.0 Å². The smallest absolute Gasteiger partial charge is 0.148 e. The number of halogens is 1. The van der Waals surface area contributed by atoms with Crippen LogP contribution >= 0.6 is 11.3 Å². The van der Waals surface area contributed by atoms with Crippen LogP contribution in [0.5, 0.6) is 0 Å². The highest BCUT2D eigenvalue weighted by Crippen LogP contribution is 2.29. The van der Waals surface area contributed by atoms with Crippen molar-refractivity contribution in [3.8, 4) is 16.3 Å². The summed E-state index contributed by atoms with van der Waals surface area (Å²) in [5.41, 5.74) is 1.38. The normalized spacial score (nSPS) is 10.8. The van der Waals surface area contributed by atoms with Crippen LogP contribution in [-0.2, 0) is 6.61 Å². The fourth-order valence-corrected chi connectivity index (χ4v) is 2.65. The van der Waals surface area contributed by atoms with E-state index in [4.69, 9.17) is 0 Å². The van der Waals surface area contributed by atoms with E-state index < -0.39 is 0 Å². The molecule has 2 aromatic heterocycles. The number of aromatic nitrogens is 3. The Morgan fingerprint density at radius 3 is 2.74 bits per heavy atom. The average Bonchev–Trinajstić information content (AvgIpc) is 3.07. The maximum atomic E-state index is 13.9. The van der Waals surface area contributed by atoms with Gasteiger partial charge in [-0.15, -0.1) is 16.4 Å². The van der Waals surface area contributed by atoms with Gasteiger partial charge in [-0.3, -0.25) is 0 Å². The lowest BCUT2D eigenvalue weighted by Gasteiger charge is -2.06. The minimum atomic E-state index is -0.380. The second-order valence-corrected chi connectivity index (χ2v) is 4.83. The lowest BCUT2D eigenvalue weighted by atomic mass is 10.2. The van der Waals surface area contributed by atoms with E-state index in [2.05, 4.69) is 10.3 Å². The summed E-state index contributed by atoms with van der Waals surface area (Å²) in [6.07, 6.45) is 0. The second-order valence-electron chi connectivity index (χ2n) is 3.88. The first-order chi connectivity index (χ1) is 9.31. The van der Waals surface area contributed by atoms with Gasteiger partial charge in [0.05, 0.1) is 11.5 Å². The van der Waals surface area contributed by atoms with Crippen molar-refractivity contribution < 1.29 is 9.50 Å². The minimum absolute atomic E-state index is 0.234. The maximum Gasteiger partial charge on any atom is 0.148 e. The van der Waals surface area contributed by atoms with E-state index in [1.807, 2.05) is 17.5 Å². The van der Waals surface area contributed by atoms with E-state index in [0.717, 1.165) is 4.88 Å². The fourth-order valence-electron chi connectivity index (χ4n) is 1.87. The Morgan fingerprint density at radius 1 is 1.21 bits per heavy atom. The van der Waals surface area contributed by atoms with E-state index in [1.165, 1.54) is 22.1 Å². The van der Waals surface area contributed by atoms with Crippen LogP contribution in [0.15, 0.2) is 41.8 Å². The zero-order valence-electron chi connectivity index (χ0n) is 9.82. The van der Waals surface area contributed by atoms with Crippen molar-refractivity contribution in [3.63, 3.8) is 0 Å². The molecule has 2 heterocycles. The van der Waals surface area contributed by atoms with Gasteiger partial charge in [-0.25, -0.2) is 9.07 Å². The molecule has 6 heteroatoms. The Balaban J connectivity index is 2.23. The van der Waals surface area contributed by atoms with Gasteiger partial charge in [-0.2, -0.15) is 0 Å². The highest BCUT2D eigenvalue weighted by atomic mass is 32.1. The van der Waals surface area contributed by atoms with Crippen LogP contribution in [0.4, 0.5) is 4.39 Å². The Hall–Kier alpha value is -2.05. The molecular formula is C13H10FN3OS. The molecule has 0 aliphatic carbocycles. The van der Waals surface area contributed by atoms with Gasteiger partial charge in [-0.1, -0.05) is 23.4 Å². The molecular weight excluding hydrogens is 265 g/mol. The standard InChI is InChI=1S/C13H10FN3OS/c14-9-4-1-2-5-11(9)17-13(10(8-18)15-16-17)12-6-3-7-19-12/h1-7,18H,8H2. The van der Waals surface area contributed by atoms with E-state index in [9.17, 15) is 9.50 Å². The zero-order valence-corrected chi connectivity index (χ0v) is 10.6. The number of thiophene rings is 1. The number of hydrogen-bond acceptors (Lipinski definition) is 4. The Bertz CT molecular complexity index is 694. The van der Waals surface area contributed by atoms with Crippen molar-refractivity contribution >= 4 is 11.3 Å². The third-order valence-corrected chi connectivity index (χ3v) is 3.60. The van der Waals surface area contributed by atoms with Crippen LogP contribution in [0.1, 0.15) is 5.69 Å². The molecule has 0 spiro atoms. The number of hydrogen-bond donors (Lipinski definition) is 1. The summed E-state index contributed by atoms with van der Waals surface area (Å²) < 4.78 is 15.3. The van der Waals surface area contributed by atoms with Gasteiger partial charge in [0.1, 0.15) is 22.9 Å². The van der Waals surface area contributed by atoms with Gasteiger partial charge in [0.15, 0.2) is 0 Å². The van der Waals surface area contributed by atoms with Crippen LogP contribution < -0.4 is 0 Å². The molecule has 0 aliphatic rings. The van der Waals surface area contributed by atoms with Crippen molar-refractivity contribution in [3.05, 3.63) is 53.3 Å². The summed E-state index contributed by atoms with van der Waals surface area (Å²) in [6.45, 7) is -0.234. The van der Waals surface area contributed by atoms with Crippen LogP contribution in [0.25, 0.3) is 16.3 Å². The van der Waals surface area contributed by atoms with E-state index in [1.54, 1.807) is 18.2 Å². The highest BCUT2D eigenvalue weighted by Gasteiger charge is 2.18. The molecule has 0 saturated carbocycles. The summed E-state index contributed by atoms with van der Waals surface area (Å²) in [5, 5.41) is 19.1. The maximum absolute atomic E-state index is 13.9. The van der Waals surface area contributed by atoms with Crippen molar-refractivity contribution in [2.24, 2.45) is 0 Å². The van der Waals surface area contributed by atoms with E-state index >= 15 is 0 Å². The first-order valence-corrected chi connectivity index (χ1v) is 6.53. The van der Waals surface area contributed by atoms with Crippen LogP contribution in [0, 0.1) is 5.82 Å². The molecule has 96 valence electrons. The molecule has 1 N–H and O–H groups in total. The Kier molecular flexibility index (Phi) is 3.10. The first-order valence-electron chi connectivity index (χ1n) is 5.65. The van der Waals surface area contributed by atoms with Gasteiger partial charge >= 0.3 is 0 Å². The molecule has 0 aliphatic heterocycles. The number of para-hydroxylation sites is 1. The van der Waals surface area contributed by atoms with Gasteiger partial charge in [0.25, 0.3) is 0 Å². The molecule has 0 atom stereocenters. The summed E-state index contributed by atoms with van der Waals surface area (Å²) in [4.78, 5) is 0.886. The van der Waals surface area contributed by atoms with Gasteiger partial charge in [-0.05, 0) is 23.6 Å². The fraction of sp³-hybridized carbons (Fsp3) is 0.0769. The Labute approximate surface area is 112 Å². The minimum Gasteiger partial charge on any atom is -0.390 e. The van der Waals surface area contributed by atoms with Crippen molar-refractivity contribution in [2.75, 3.05) is 0 Å². The zero-order chi connectivity index (χ0) is 13.2. The lowest BCUT2D eigenvalue weighted by molar-refractivity contribution is 0.277. The molecule has 0 saturated heterocycles. The molecule has 0 unspecified atom stereocenters. The first kappa shape index (κ1) is 12.0. The number of nitrogens with zero attached hydrogens (tertiary/aromatic N) is 3. The largest absolute Gasteiger partial charge is 0.390 e. The molecule has 1 aromatic carbocycles. The number of benzene rings is 1. The third-order valence-electron chi connectivity index (χ3n) is 2.73. The van der Waals surface area contributed by atoms with Crippen LogP contribution in [0.2, 0.25) is 0 Å². The highest BCUT2D eigenvalue weighted by molar-refractivity contribution is 7.13. The van der Waals surface area contributed by atoms with Gasteiger partial charge < -0.3 is 5.11 Å². The van der Waals surface area contributed by atoms with E-state index in [0.29, 0.717) is 17.1 Å². The predicted molar refractivity (Wildman–Crippen MR) is 70.6 cm³/mol. The predicted octanol–water partition coefficient (Wildman–Crippen LogP) is 2.63. The SMILES string of the molecule is OCc1nnn(-c2ccccc2F)c1-c1cccs1. The number of rotatable bonds is 3. The Morgan fingerprint density at radius 2 is 2.05 bits per heavy atom.